The van der Waals surface area contributed by atoms with Gasteiger partial charge in [0, 0.05) is 35.3 Å². The van der Waals surface area contributed by atoms with E-state index in [1.165, 1.54) is 23.6 Å². The molecule has 4 rings (SSSR count). The predicted molar refractivity (Wildman–Crippen MR) is 143 cm³/mol. The molecular weight excluding hydrogens is 558 g/mol. The number of hydrogen-bond acceptors (Lipinski definition) is 6. The lowest BCUT2D eigenvalue weighted by molar-refractivity contribution is 0.0688. The van der Waals surface area contributed by atoms with Gasteiger partial charge >= 0.3 is 0 Å². The van der Waals surface area contributed by atoms with Crippen LogP contribution in [0.3, 0.4) is 0 Å². The number of benzene rings is 1. The van der Waals surface area contributed by atoms with Crippen molar-refractivity contribution < 1.29 is 18.6 Å². The summed E-state index contributed by atoms with van der Waals surface area (Å²) in [4.78, 5) is 26.8. The minimum absolute atomic E-state index is 0.0886. The van der Waals surface area contributed by atoms with Gasteiger partial charge in [-0.15, -0.1) is 0 Å². The molecule has 0 saturated heterocycles. The van der Waals surface area contributed by atoms with Crippen LogP contribution in [0.15, 0.2) is 45.9 Å². The molecule has 38 heavy (non-hydrogen) atoms. The number of pyridine rings is 2. The number of aliphatic hydroxyl groups is 1. The Balaban J connectivity index is 1.75. The van der Waals surface area contributed by atoms with E-state index in [4.69, 9.17) is 4.74 Å². The lowest BCUT2D eigenvalue weighted by Crippen LogP contribution is -2.23. The van der Waals surface area contributed by atoms with Gasteiger partial charge in [-0.05, 0) is 86.8 Å². The molecule has 0 aliphatic heterocycles. The normalized spacial score (nSPS) is 11.6. The maximum atomic E-state index is 14.4. The van der Waals surface area contributed by atoms with Gasteiger partial charge in [0.15, 0.2) is 5.82 Å². The van der Waals surface area contributed by atoms with Crippen LogP contribution in [0.1, 0.15) is 47.6 Å². The summed E-state index contributed by atoms with van der Waals surface area (Å²) in [6.07, 6.45) is 3.28. The van der Waals surface area contributed by atoms with Gasteiger partial charge in [0.05, 0.1) is 17.1 Å². The van der Waals surface area contributed by atoms with Gasteiger partial charge in [-0.25, -0.2) is 18.7 Å². The molecule has 198 valence electrons. The molecule has 0 atom stereocenters. The van der Waals surface area contributed by atoms with Gasteiger partial charge in [-0.3, -0.25) is 14.3 Å². The summed E-state index contributed by atoms with van der Waals surface area (Å²) < 4.78 is 35.5. The van der Waals surface area contributed by atoms with Crippen LogP contribution in [-0.2, 0) is 12.2 Å². The second-order valence-corrected chi connectivity index (χ2v) is 10.5. The van der Waals surface area contributed by atoms with Gasteiger partial charge in [0.25, 0.3) is 5.56 Å². The van der Waals surface area contributed by atoms with Gasteiger partial charge in [-0.1, -0.05) is 0 Å². The molecule has 3 heterocycles. The first-order valence-corrected chi connectivity index (χ1v) is 12.6. The molecule has 0 bridgehead atoms. The number of aryl methyl sites for hydroxylation is 3. The fraction of sp³-hybridized carbons (Fsp3) is 0.286. The molecule has 10 heteroatoms. The Hall–Kier alpha value is -3.50. The summed E-state index contributed by atoms with van der Waals surface area (Å²) in [7, 11) is 0. The molecule has 0 spiro atoms. The lowest BCUT2D eigenvalue weighted by Gasteiger charge is -2.18. The van der Waals surface area contributed by atoms with Crippen molar-refractivity contribution in [2.45, 2.75) is 53.8 Å². The van der Waals surface area contributed by atoms with Crippen LogP contribution in [-0.4, -0.2) is 24.6 Å². The molecule has 0 aliphatic carbocycles. The third-order valence-corrected chi connectivity index (χ3v) is 6.89. The minimum atomic E-state index is -1.24. The molecule has 7 nitrogen and oxygen atoms in total. The Kier molecular flexibility index (Phi) is 7.49. The molecule has 0 aliphatic rings. The largest absolute Gasteiger partial charge is 0.487 e. The maximum Gasteiger partial charge on any atom is 0.273 e. The summed E-state index contributed by atoms with van der Waals surface area (Å²) in [5, 5.41) is 10.4. The molecule has 1 N–H and O–H groups in total. The quantitative estimate of drug-likeness (QED) is 0.309. The van der Waals surface area contributed by atoms with Crippen molar-refractivity contribution in [1.82, 2.24) is 19.5 Å². The average molecular weight is 585 g/mol. The fourth-order valence-electron chi connectivity index (χ4n) is 3.95. The Morgan fingerprint density at radius 1 is 1.05 bits per heavy atom. The van der Waals surface area contributed by atoms with Crippen molar-refractivity contribution in [3.8, 4) is 22.8 Å². The van der Waals surface area contributed by atoms with Gasteiger partial charge in [0.2, 0.25) is 0 Å². The Bertz CT molecular complexity index is 1610. The van der Waals surface area contributed by atoms with Crippen molar-refractivity contribution in [1.29, 1.82) is 0 Å². The molecule has 0 fully saturated rings. The van der Waals surface area contributed by atoms with E-state index in [2.05, 4.69) is 30.9 Å². The molecule has 0 unspecified atom stereocenters. The van der Waals surface area contributed by atoms with Gasteiger partial charge in [-0.2, -0.15) is 0 Å². The topological polar surface area (TPSA) is 90.1 Å². The molecule has 1 aromatic carbocycles. The first kappa shape index (κ1) is 27.5. The molecule has 0 radical (unpaired) electrons. The molecule has 4 aromatic rings. The fourth-order valence-corrected chi connectivity index (χ4v) is 4.36. The number of aromatic nitrogens is 4. The van der Waals surface area contributed by atoms with E-state index < -0.39 is 17.2 Å². The van der Waals surface area contributed by atoms with E-state index >= 15 is 0 Å². The van der Waals surface area contributed by atoms with E-state index in [1.807, 2.05) is 13.8 Å². The zero-order chi connectivity index (χ0) is 27.9. The molecular formula is C28H27BrF2N4O3. The minimum Gasteiger partial charge on any atom is -0.487 e. The summed E-state index contributed by atoms with van der Waals surface area (Å²) in [5.74, 6) is -0.823. The van der Waals surface area contributed by atoms with E-state index in [-0.39, 0.29) is 39.3 Å². The second kappa shape index (κ2) is 10.3. The van der Waals surface area contributed by atoms with Crippen molar-refractivity contribution in [2.75, 3.05) is 0 Å². The molecule has 0 saturated carbocycles. The van der Waals surface area contributed by atoms with Crippen molar-refractivity contribution in [2.24, 2.45) is 0 Å². The second-order valence-electron chi connectivity index (χ2n) is 9.68. The average Bonchev–Trinajstić information content (AvgIpc) is 2.85. The molecule has 0 amide bonds. The van der Waals surface area contributed by atoms with E-state index in [0.29, 0.717) is 22.8 Å². The van der Waals surface area contributed by atoms with Gasteiger partial charge < -0.3 is 9.84 Å². The maximum absolute atomic E-state index is 14.4. The number of halogens is 3. The predicted octanol–water partition coefficient (Wildman–Crippen LogP) is 5.77. The van der Waals surface area contributed by atoms with Crippen LogP contribution in [0.25, 0.3) is 17.1 Å². The summed E-state index contributed by atoms with van der Waals surface area (Å²) >= 11 is 3.34. The van der Waals surface area contributed by atoms with E-state index in [1.54, 1.807) is 45.3 Å². The van der Waals surface area contributed by atoms with Crippen molar-refractivity contribution in [3.63, 3.8) is 0 Å². The number of nitrogens with zero attached hydrogens (tertiary/aromatic N) is 4. The number of ether oxygens (including phenoxy) is 1. The zero-order valence-electron chi connectivity index (χ0n) is 21.9. The SMILES string of the molecule is Cc1cnc(-c2nc(C(C)(C)O)ncc2C)cc1-n1c(C)cc(OCc2ccc(F)c(C)c2F)c(Br)c1=O. The number of rotatable bonds is 6. The highest BCUT2D eigenvalue weighted by molar-refractivity contribution is 9.10. The monoisotopic (exact) mass is 584 g/mol. The highest BCUT2D eigenvalue weighted by Gasteiger charge is 2.22. The van der Waals surface area contributed by atoms with Crippen LogP contribution >= 0.6 is 15.9 Å². The van der Waals surface area contributed by atoms with Crippen molar-refractivity contribution in [3.05, 3.63) is 96.9 Å². The first-order chi connectivity index (χ1) is 17.8. The summed E-state index contributed by atoms with van der Waals surface area (Å²) in [5.41, 5.74) is 2.20. The third kappa shape index (κ3) is 5.23. The Morgan fingerprint density at radius 3 is 2.42 bits per heavy atom. The van der Waals surface area contributed by atoms with Crippen LogP contribution in [0.2, 0.25) is 0 Å². The summed E-state index contributed by atoms with van der Waals surface area (Å²) in [6.45, 7) is 9.82. The first-order valence-electron chi connectivity index (χ1n) is 11.8. The lowest BCUT2D eigenvalue weighted by atomic mass is 10.1. The highest BCUT2D eigenvalue weighted by atomic mass is 79.9. The smallest absolute Gasteiger partial charge is 0.273 e. The highest BCUT2D eigenvalue weighted by Crippen LogP contribution is 2.29. The third-order valence-electron chi connectivity index (χ3n) is 6.16. The summed E-state index contributed by atoms with van der Waals surface area (Å²) in [6, 6.07) is 5.93. The Morgan fingerprint density at radius 2 is 1.74 bits per heavy atom. The molecule has 3 aromatic heterocycles. The number of hydrogen-bond donors (Lipinski definition) is 1. The zero-order valence-corrected chi connectivity index (χ0v) is 23.4. The van der Waals surface area contributed by atoms with E-state index in [9.17, 15) is 18.7 Å². The van der Waals surface area contributed by atoms with Crippen LogP contribution in [0, 0.1) is 39.3 Å². The van der Waals surface area contributed by atoms with Gasteiger partial charge in [0.1, 0.15) is 34.1 Å². The Labute approximate surface area is 227 Å². The van der Waals surface area contributed by atoms with Crippen LogP contribution in [0.5, 0.6) is 5.75 Å². The van der Waals surface area contributed by atoms with Crippen LogP contribution < -0.4 is 10.3 Å². The van der Waals surface area contributed by atoms with E-state index in [0.717, 1.165) is 11.1 Å². The van der Waals surface area contributed by atoms with Crippen LogP contribution in [0.4, 0.5) is 8.78 Å². The standard InChI is InChI=1S/C28H27BrF2N4O3/c1-14-11-32-20(25-15(2)12-33-27(34-25)28(5,6)37)10-21(14)35-16(3)9-22(23(29)26(35)36)38-13-18-7-8-19(30)17(4)24(18)31/h7-12,37H,13H2,1-6H3. The van der Waals surface area contributed by atoms with Crippen molar-refractivity contribution >= 4 is 15.9 Å².